The van der Waals surface area contributed by atoms with E-state index >= 15 is 0 Å². The summed E-state index contributed by atoms with van der Waals surface area (Å²) >= 11 is 0. The molecule has 0 radical (unpaired) electrons. The molecule has 3 heteroatoms. The summed E-state index contributed by atoms with van der Waals surface area (Å²) in [5.74, 6) is 0.960. The Morgan fingerprint density at radius 2 is 2.06 bits per heavy atom. The zero-order valence-corrected chi connectivity index (χ0v) is 11.9. The van der Waals surface area contributed by atoms with Crippen molar-refractivity contribution < 1.29 is 0 Å². The monoisotopic (exact) mass is 251 g/mol. The highest BCUT2D eigenvalue weighted by molar-refractivity contribution is 4.93. The van der Waals surface area contributed by atoms with Crippen LogP contribution in [-0.4, -0.2) is 61.2 Å². The van der Waals surface area contributed by atoms with Crippen LogP contribution >= 0.6 is 0 Å². The molecule has 0 aromatic rings. The largest absolute Gasteiger partial charge is 0.313 e. The Kier molecular flexibility index (Phi) is 4.22. The molecule has 4 unspecified atom stereocenters. The minimum Gasteiger partial charge on any atom is -0.313 e. The molecule has 3 fully saturated rings. The van der Waals surface area contributed by atoms with E-state index < -0.39 is 0 Å². The van der Waals surface area contributed by atoms with E-state index in [9.17, 15) is 0 Å². The standard InChI is InChI=1S/C15H29N3/c1-2-18(12-14-5-3-4-8-16-14)15-7-10-17-9-6-13(15)11-17/h13-16H,2-12H2,1H3. The van der Waals surface area contributed by atoms with Gasteiger partial charge in [0.2, 0.25) is 0 Å². The molecule has 3 aliphatic rings. The third-order valence-corrected chi connectivity index (χ3v) is 5.34. The second-order valence-electron chi connectivity index (χ2n) is 6.44. The Balaban J connectivity index is 1.57. The first-order valence-corrected chi connectivity index (χ1v) is 8.06. The van der Waals surface area contributed by atoms with Crippen molar-refractivity contribution >= 4 is 0 Å². The molecular formula is C15H29N3. The smallest absolute Gasteiger partial charge is 0.0195 e. The Labute approximate surface area is 112 Å². The number of nitrogens with one attached hydrogen (secondary N) is 1. The Hall–Kier alpha value is -0.120. The van der Waals surface area contributed by atoms with Gasteiger partial charge >= 0.3 is 0 Å². The zero-order valence-electron chi connectivity index (χ0n) is 11.9. The lowest BCUT2D eigenvalue weighted by Crippen LogP contribution is -2.51. The maximum absolute atomic E-state index is 3.71. The van der Waals surface area contributed by atoms with Gasteiger partial charge < -0.3 is 10.2 Å². The minimum absolute atomic E-state index is 0.762. The van der Waals surface area contributed by atoms with Gasteiger partial charge in [-0.25, -0.2) is 0 Å². The normalized spacial score (nSPS) is 40.3. The molecule has 0 spiro atoms. The van der Waals surface area contributed by atoms with E-state index in [2.05, 4.69) is 22.0 Å². The molecule has 104 valence electrons. The first kappa shape index (κ1) is 12.9. The van der Waals surface area contributed by atoms with E-state index in [0.29, 0.717) is 0 Å². The van der Waals surface area contributed by atoms with Crippen LogP contribution in [0.4, 0.5) is 0 Å². The molecule has 0 aliphatic carbocycles. The maximum Gasteiger partial charge on any atom is 0.0195 e. The van der Waals surface area contributed by atoms with Crippen molar-refractivity contribution in [3.8, 4) is 0 Å². The van der Waals surface area contributed by atoms with Crippen molar-refractivity contribution in [1.82, 2.24) is 15.1 Å². The number of rotatable bonds is 4. The van der Waals surface area contributed by atoms with Crippen LogP contribution in [0.15, 0.2) is 0 Å². The molecule has 4 atom stereocenters. The Morgan fingerprint density at radius 3 is 2.83 bits per heavy atom. The third-order valence-electron chi connectivity index (χ3n) is 5.34. The van der Waals surface area contributed by atoms with Crippen molar-refractivity contribution in [2.45, 2.75) is 51.1 Å². The summed E-state index contributed by atoms with van der Waals surface area (Å²) in [5, 5.41) is 3.71. The number of nitrogens with zero attached hydrogens (tertiary/aromatic N) is 2. The van der Waals surface area contributed by atoms with Crippen LogP contribution in [0, 0.1) is 5.92 Å². The Morgan fingerprint density at radius 1 is 1.17 bits per heavy atom. The number of fused-ring (bicyclic) bond motifs is 2. The van der Waals surface area contributed by atoms with Gasteiger partial charge in [0.05, 0.1) is 0 Å². The lowest BCUT2D eigenvalue weighted by molar-refractivity contribution is 0.0914. The van der Waals surface area contributed by atoms with Gasteiger partial charge in [-0.3, -0.25) is 4.90 Å². The molecule has 0 amide bonds. The summed E-state index contributed by atoms with van der Waals surface area (Å²) < 4.78 is 0. The number of hydrogen-bond acceptors (Lipinski definition) is 3. The summed E-state index contributed by atoms with van der Waals surface area (Å²) in [5.41, 5.74) is 0. The van der Waals surface area contributed by atoms with Crippen LogP contribution in [0.1, 0.15) is 39.0 Å². The minimum atomic E-state index is 0.762. The van der Waals surface area contributed by atoms with E-state index in [0.717, 1.165) is 18.0 Å². The molecule has 3 aliphatic heterocycles. The Bertz CT molecular complexity index is 262. The van der Waals surface area contributed by atoms with E-state index in [1.807, 2.05) is 0 Å². The first-order valence-electron chi connectivity index (χ1n) is 8.06. The topological polar surface area (TPSA) is 18.5 Å². The molecule has 0 saturated carbocycles. The fraction of sp³-hybridized carbons (Fsp3) is 1.00. The molecule has 0 aromatic carbocycles. The van der Waals surface area contributed by atoms with Crippen LogP contribution in [0.5, 0.6) is 0 Å². The second-order valence-corrected chi connectivity index (χ2v) is 6.44. The molecule has 18 heavy (non-hydrogen) atoms. The van der Waals surface area contributed by atoms with Gasteiger partial charge in [-0.05, 0) is 57.8 Å². The number of hydrogen-bond donors (Lipinski definition) is 1. The predicted octanol–water partition coefficient (Wildman–Crippen LogP) is 1.54. The van der Waals surface area contributed by atoms with Gasteiger partial charge in [-0.15, -0.1) is 0 Å². The quantitative estimate of drug-likeness (QED) is 0.818. The molecule has 0 aromatic heterocycles. The van der Waals surface area contributed by atoms with Gasteiger partial charge in [0.25, 0.3) is 0 Å². The average Bonchev–Trinajstić information content (AvgIpc) is 2.80. The summed E-state index contributed by atoms with van der Waals surface area (Å²) in [6.07, 6.45) is 7.05. The van der Waals surface area contributed by atoms with E-state index in [4.69, 9.17) is 0 Å². The number of likely N-dealkylation sites (N-methyl/N-ethyl adjacent to an activating group) is 1. The van der Waals surface area contributed by atoms with Crippen molar-refractivity contribution in [2.75, 3.05) is 39.3 Å². The molecule has 3 rings (SSSR count). The van der Waals surface area contributed by atoms with E-state index in [1.165, 1.54) is 71.4 Å². The lowest BCUT2D eigenvalue weighted by Gasteiger charge is -2.40. The third kappa shape index (κ3) is 2.73. The van der Waals surface area contributed by atoms with E-state index in [1.54, 1.807) is 0 Å². The van der Waals surface area contributed by atoms with Gasteiger partial charge in [-0.2, -0.15) is 0 Å². The fourth-order valence-corrected chi connectivity index (χ4v) is 4.27. The van der Waals surface area contributed by atoms with Crippen LogP contribution in [0.2, 0.25) is 0 Å². The molecular weight excluding hydrogens is 222 g/mol. The van der Waals surface area contributed by atoms with Crippen LogP contribution in [-0.2, 0) is 0 Å². The highest BCUT2D eigenvalue weighted by Gasteiger charge is 2.37. The first-order chi connectivity index (χ1) is 8.86. The van der Waals surface area contributed by atoms with Gasteiger partial charge in [0.1, 0.15) is 0 Å². The summed E-state index contributed by atoms with van der Waals surface area (Å²) in [6.45, 7) is 10.2. The van der Waals surface area contributed by atoms with Gasteiger partial charge in [0.15, 0.2) is 0 Å². The highest BCUT2D eigenvalue weighted by atomic mass is 15.2. The summed E-state index contributed by atoms with van der Waals surface area (Å²) in [7, 11) is 0. The zero-order chi connectivity index (χ0) is 12.4. The summed E-state index contributed by atoms with van der Waals surface area (Å²) in [4.78, 5) is 5.45. The SMILES string of the molecule is CCN(CC1CCCCN1)C1CCN2CCC1C2. The van der Waals surface area contributed by atoms with Crippen LogP contribution in [0.3, 0.4) is 0 Å². The van der Waals surface area contributed by atoms with Crippen LogP contribution in [0.25, 0.3) is 0 Å². The van der Waals surface area contributed by atoms with Gasteiger partial charge in [-0.1, -0.05) is 13.3 Å². The molecule has 1 N–H and O–H groups in total. The van der Waals surface area contributed by atoms with Crippen molar-refractivity contribution in [3.05, 3.63) is 0 Å². The predicted molar refractivity (Wildman–Crippen MR) is 75.8 cm³/mol. The molecule has 3 saturated heterocycles. The molecule has 3 heterocycles. The molecule has 3 nitrogen and oxygen atoms in total. The fourth-order valence-electron chi connectivity index (χ4n) is 4.27. The van der Waals surface area contributed by atoms with Crippen molar-refractivity contribution in [3.63, 3.8) is 0 Å². The average molecular weight is 251 g/mol. The van der Waals surface area contributed by atoms with Crippen LogP contribution < -0.4 is 5.32 Å². The lowest BCUT2D eigenvalue weighted by atomic mass is 9.91. The van der Waals surface area contributed by atoms with E-state index in [-0.39, 0.29) is 0 Å². The number of piperidine rings is 2. The van der Waals surface area contributed by atoms with Gasteiger partial charge in [0, 0.05) is 25.2 Å². The molecule has 2 bridgehead atoms. The highest BCUT2D eigenvalue weighted by Crippen LogP contribution is 2.30. The maximum atomic E-state index is 3.71. The van der Waals surface area contributed by atoms with Crippen molar-refractivity contribution in [2.24, 2.45) is 5.92 Å². The summed E-state index contributed by atoms with van der Waals surface area (Å²) in [6, 6.07) is 1.63. The second kappa shape index (κ2) is 5.89. The van der Waals surface area contributed by atoms with Crippen molar-refractivity contribution in [1.29, 1.82) is 0 Å².